The predicted octanol–water partition coefficient (Wildman–Crippen LogP) is 0.457. The molecule has 17 heavy (non-hydrogen) atoms. The zero-order chi connectivity index (χ0) is 12.3. The summed E-state index contributed by atoms with van der Waals surface area (Å²) in [6.45, 7) is 3.19. The average Bonchev–Trinajstić information content (AvgIpc) is 2.69. The molecule has 2 aromatic rings. The highest BCUT2D eigenvalue weighted by atomic mass is 16.1. The highest BCUT2D eigenvalue weighted by Gasteiger charge is 2.02. The zero-order valence-corrected chi connectivity index (χ0v) is 9.92. The standard InChI is InChI=1S/C11H15N5O/c1-3-12-10-4-11(17)16(14-6-10)8-9-5-13-15(2)7-9/h4-7,12H,3,8H2,1-2H3. The van der Waals surface area contributed by atoms with Gasteiger partial charge in [-0.25, -0.2) is 4.68 Å². The third-order valence-electron chi connectivity index (χ3n) is 2.34. The Hall–Kier alpha value is -2.11. The largest absolute Gasteiger partial charge is 0.384 e. The van der Waals surface area contributed by atoms with E-state index in [1.807, 2.05) is 20.2 Å². The molecular weight excluding hydrogens is 218 g/mol. The van der Waals surface area contributed by atoms with Crippen LogP contribution in [0.1, 0.15) is 12.5 Å². The molecule has 6 nitrogen and oxygen atoms in total. The Balaban J connectivity index is 2.19. The van der Waals surface area contributed by atoms with E-state index >= 15 is 0 Å². The third kappa shape index (κ3) is 2.72. The molecule has 0 aliphatic carbocycles. The second-order valence-electron chi connectivity index (χ2n) is 3.79. The van der Waals surface area contributed by atoms with Crippen molar-refractivity contribution in [3.63, 3.8) is 0 Å². The molecule has 90 valence electrons. The lowest BCUT2D eigenvalue weighted by Crippen LogP contribution is -2.23. The van der Waals surface area contributed by atoms with Gasteiger partial charge in [-0.05, 0) is 6.92 Å². The van der Waals surface area contributed by atoms with Gasteiger partial charge in [0, 0.05) is 31.4 Å². The van der Waals surface area contributed by atoms with E-state index in [0.717, 1.165) is 17.8 Å². The molecular formula is C11H15N5O. The van der Waals surface area contributed by atoms with Gasteiger partial charge in [-0.2, -0.15) is 10.2 Å². The van der Waals surface area contributed by atoms with Gasteiger partial charge >= 0.3 is 0 Å². The van der Waals surface area contributed by atoms with Gasteiger partial charge < -0.3 is 5.32 Å². The van der Waals surface area contributed by atoms with Gasteiger partial charge in [0.05, 0.1) is 24.6 Å². The molecule has 1 N–H and O–H groups in total. The first-order chi connectivity index (χ1) is 8.19. The van der Waals surface area contributed by atoms with Crippen molar-refractivity contribution in [2.24, 2.45) is 7.05 Å². The van der Waals surface area contributed by atoms with Crippen molar-refractivity contribution in [1.82, 2.24) is 19.6 Å². The fraction of sp³-hybridized carbons (Fsp3) is 0.364. The zero-order valence-electron chi connectivity index (χ0n) is 9.92. The van der Waals surface area contributed by atoms with Crippen LogP contribution in [0.2, 0.25) is 0 Å². The van der Waals surface area contributed by atoms with Gasteiger partial charge in [0.25, 0.3) is 5.56 Å². The van der Waals surface area contributed by atoms with Crippen molar-refractivity contribution in [1.29, 1.82) is 0 Å². The summed E-state index contributed by atoms with van der Waals surface area (Å²) in [7, 11) is 1.84. The molecule has 6 heteroatoms. The van der Waals surface area contributed by atoms with Crippen LogP contribution in [0.25, 0.3) is 0 Å². The molecule has 0 atom stereocenters. The number of anilines is 1. The van der Waals surface area contributed by atoms with Gasteiger partial charge in [0.15, 0.2) is 0 Å². The third-order valence-corrected chi connectivity index (χ3v) is 2.34. The van der Waals surface area contributed by atoms with Crippen molar-refractivity contribution < 1.29 is 0 Å². The minimum atomic E-state index is -0.118. The maximum absolute atomic E-state index is 11.8. The normalized spacial score (nSPS) is 10.5. The van der Waals surface area contributed by atoms with Crippen molar-refractivity contribution in [3.05, 3.63) is 40.6 Å². The molecule has 0 spiro atoms. The molecule has 0 unspecified atom stereocenters. The fourth-order valence-corrected chi connectivity index (χ4v) is 1.58. The Morgan fingerprint density at radius 1 is 1.35 bits per heavy atom. The van der Waals surface area contributed by atoms with Crippen LogP contribution in [0.5, 0.6) is 0 Å². The number of aromatic nitrogens is 4. The molecule has 0 bridgehead atoms. The highest BCUT2D eigenvalue weighted by molar-refractivity contribution is 5.38. The Kier molecular flexibility index (Phi) is 3.22. The summed E-state index contributed by atoms with van der Waals surface area (Å²) in [6.07, 6.45) is 5.25. The summed E-state index contributed by atoms with van der Waals surface area (Å²) in [5.74, 6) is 0. The molecule has 0 saturated heterocycles. The minimum absolute atomic E-state index is 0.118. The first-order valence-corrected chi connectivity index (χ1v) is 5.47. The number of hydrogen-bond acceptors (Lipinski definition) is 4. The monoisotopic (exact) mass is 233 g/mol. The van der Waals surface area contributed by atoms with E-state index in [0.29, 0.717) is 6.54 Å². The molecule has 2 heterocycles. The number of nitrogens with zero attached hydrogens (tertiary/aromatic N) is 4. The lowest BCUT2D eigenvalue weighted by atomic mass is 10.3. The number of aryl methyl sites for hydroxylation is 1. The Morgan fingerprint density at radius 2 is 2.18 bits per heavy atom. The summed E-state index contributed by atoms with van der Waals surface area (Å²) in [5, 5.41) is 11.2. The smallest absolute Gasteiger partial charge is 0.269 e. The van der Waals surface area contributed by atoms with Crippen LogP contribution in [0, 0.1) is 0 Å². The summed E-state index contributed by atoms with van der Waals surface area (Å²) in [5.41, 5.74) is 1.59. The van der Waals surface area contributed by atoms with Crippen molar-refractivity contribution >= 4 is 5.69 Å². The first kappa shape index (κ1) is 11.4. The second kappa shape index (κ2) is 4.82. The van der Waals surface area contributed by atoms with Crippen LogP contribution in [0.4, 0.5) is 5.69 Å². The van der Waals surface area contributed by atoms with Crippen LogP contribution in [0.3, 0.4) is 0 Å². The molecule has 0 fully saturated rings. The van der Waals surface area contributed by atoms with Gasteiger partial charge in [-0.1, -0.05) is 0 Å². The lowest BCUT2D eigenvalue weighted by Gasteiger charge is -2.05. The molecule has 0 aliphatic heterocycles. The predicted molar refractivity (Wildman–Crippen MR) is 65.0 cm³/mol. The van der Waals surface area contributed by atoms with Crippen molar-refractivity contribution in [2.75, 3.05) is 11.9 Å². The lowest BCUT2D eigenvalue weighted by molar-refractivity contribution is 0.639. The molecule has 0 amide bonds. The van der Waals surface area contributed by atoms with Crippen LogP contribution in [-0.4, -0.2) is 26.1 Å². The van der Waals surface area contributed by atoms with Crippen LogP contribution < -0.4 is 10.9 Å². The second-order valence-corrected chi connectivity index (χ2v) is 3.79. The summed E-state index contributed by atoms with van der Waals surface area (Å²) in [6, 6.07) is 1.55. The quantitative estimate of drug-likeness (QED) is 0.833. The minimum Gasteiger partial charge on any atom is -0.384 e. The molecule has 0 saturated carbocycles. The Bertz CT molecular complexity index is 557. The van der Waals surface area contributed by atoms with E-state index in [4.69, 9.17) is 0 Å². The maximum atomic E-state index is 11.8. The summed E-state index contributed by atoms with van der Waals surface area (Å²) < 4.78 is 3.12. The SMILES string of the molecule is CCNc1cnn(Cc2cnn(C)c2)c(=O)c1. The highest BCUT2D eigenvalue weighted by Crippen LogP contribution is 2.01. The van der Waals surface area contributed by atoms with Gasteiger partial charge in [0.2, 0.25) is 0 Å². The number of nitrogens with one attached hydrogen (secondary N) is 1. The van der Waals surface area contributed by atoms with Gasteiger partial charge in [-0.15, -0.1) is 0 Å². The van der Waals surface area contributed by atoms with Crippen LogP contribution in [-0.2, 0) is 13.6 Å². The number of rotatable bonds is 4. The van der Waals surface area contributed by atoms with E-state index in [-0.39, 0.29) is 5.56 Å². The molecule has 0 radical (unpaired) electrons. The topological polar surface area (TPSA) is 64.7 Å². The van der Waals surface area contributed by atoms with Crippen LogP contribution in [0.15, 0.2) is 29.5 Å². The average molecular weight is 233 g/mol. The Labute approximate surface area is 98.9 Å². The van der Waals surface area contributed by atoms with E-state index in [1.54, 1.807) is 23.1 Å². The van der Waals surface area contributed by atoms with E-state index in [9.17, 15) is 4.79 Å². The first-order valence-electron chi connectivity index (χ1n) is 5.47. The van der Waals surface area contributed by atoms with E-state index < -0.39 is 0 Å². The van der Waals surface area contributed by atoms with Gasteiger partial charge in [0.1, 0.15) is 0 Å². The van der Waals surface area contributed by atoms with E-state index in [1.165, 1.54) is 4.68 Å². The van der Waals surface area contributed by atoms with Crippen molar-refractivity contribution in [2.45, 2.75) is 13.5 Å². The van der Waals surface area contributed by atoms with Gasteiger partial charge in [-0.3, -0.25) is 9.48 Å². The molecule has 2 aromatic heterocycles. The molecule has 0 aliphatic rings. The fourth-order valence-electron chi connectivity index (χ4n) is 1.58. The number of hydrogen-bond donors (Lipinski definition) is 1. The van der Waals surface area contributed by atoms with E-state index in [2.05, 4.69) is 15.5 Å². The van der Waals surface area contributed by atoms with Crippen LogP contribution >= 0.6 is 0 Å². The summed E-state index contributed by atoms with van der Waals surface area (Å²) in [4.78, 5) is 11.8. The molecule has 0 aromatic carbocycles. The van der Waals surface area contributed by atoms with Crippen molar-refractivity contribution in [3.8, 4) is 0 Å². The summed E-state index contributed by atoms with van der Waals surface area (Å²) >= 11 is 0. The maximum Gasteiger partial charge on any atom is 0.269 e. The molecule has 2 rings (SSSR count). The Morgan fingerprint density at radius 3 is 2.76 bits per heavy atom.